The van der Waals surface area contributed by atoms with E-state index < -0.39 is 25.0 Å². The van der Waals surface area contributed by atoms with E-state index in [9.17, 15) is 19.5 Å². The van der Waals surface area contributed by atoms with Gasteiger partial charge in [-0.2, -0.15) is 0 Å². The summed E-state index contributed by atoms with van der Waals surface area (Å²) in [6, 6.07) is 0. The molecule has 202 valence electrons. The molecule has 0 aromatic heterocycles. The van der Waals surface area contributed by atoms with Gasteiger partial charge in [-0.1, -0.05) is 70.4 Å². The summed E-state index contributed by atoms with van der Waals surface area (Å²) in [5.74, 6) is -2.32. The molecule has 0 saturated heterocycles. The Hall–Kier alpha value is 0.0700. The van der Waals surface area contributed by atoms with E-state index in [0.717, 1.165) is 32.1 Å². The molecule has 0 aliphatic rings. The third-order valence-electron chi connectivity index (χ3n) is 5.78. The van der Waals surface area contributed by atoms with E-state index in [-0.39, 0.29) is 91.3 Å². The Labute approximate surface area is 262 Å². The quantitative estimate of drug-likeness (QED) is 0.0994. The molecule has 0 aromatic carbocycles. The molecule has 0 saturated carbocycles. The Morgan fingerprint density at radius 3 is 1.61 bits per heavy atom. The topological polar surface area (TPSA) is 118 Å². The molecule has 0 heterocycles. The molecule has 0 rings (SSSR count). The molecule has 0 unspecified atom stereocenters. The molecule has 0 bridgehead atoms. The summed E-state index contributed by atoms with van der Waals surface area (Å²) in [7, 11) is 0. The summed E-state index contributed by atoms with van der Waals surface area (Å²) < 4.78 is 0. The Balaban J connectivity index is -0.00000544. The summed E-state index contributed by atoms with van der Waals surface area (Å²) in [6.45, 7) is 1.75. The van der Waals surface area contributed by atoms with Crippen molar-refractivity contribution >= 4 is 77.0 Å². The molecule has 36 heavy (non-hydrogen) atoms. The summed E-state index contributed by atoms with van der Waals surface area (Å²) in [6.07, 6.45) is 20.4. The number of unbranched alkanes of at least 4 members (excludes halogenated alkanes) is 11. The van der Waals surface area contributed by atoms with Crippen LogP contribution in [0, 0.1) is 0 Å². The SMILES string of the molecule is CCCCCCCC/C=C\CCCCCCCC(=O)N(CCO)CCN(CC(=O)O)CC(=O)O.[NaH].[NaH]. The van der Waals surface area contributed by atoms with Crippen molar-refractivity contribution in [2.75, 3.05) is 39.3 Å². The number of hydrogen-bond donors (Lipinski definition) is 3. The van der Waals surface area contributed by atoms with E-state index in [4.69, 9.17) is 10.2 Å². The molecular formula is C26H50N2Na2O6. The second-order valence-electron chi connectivity index (χ2n) is 8.94. The summed E-state index contributed by atoms with van der Waals surface area (Å²) in [5, 5.41) is 27.1. The summed E-state index contributed by atoms with van der Waals surface area (Å²) in [4.78, 5) is 37.0. The first kappa shape index (κ1) is 40.6. The predicted octanol–water partition coefficient (Wildman–Crippen LogP) is 3.02. The van der Waals surface area contributed by atoms with Gasteiger partial charge in [-0.25, -0.2) is 0 Å². The van der Waals surface area contributed by atoms with Crippen molar-refractivity contribution < 1.29 is 29.7 Å². The normalized spacial score (nSPS) is 10.8. The molecule has 0 aromatic rings. The Morgan fingerprint density at radius 2 is 1.14 bits per heavy atom. The number of hydrogen-bond acceptors (Lipinski definition) is 5. The van der Waals surface area contributed by atoms with E-state index in [2.05, 4.69) is 19.1 Å². The minimum absolute atomic E-state index is 0. The fourth-order valence-electron chi connectivity index (χ4n) is 3.85. The van der Waals surface area contributed by atoms with E-state index in [1.54, 1.807) is 0 Å². The van der Waals surface area contributed by atoms with Crippen LogP contribution >= 0.6 is 0 Å². The number of carboxylic acid groups (broad SMARTS) is 2. The first-order chi connectivity index (χ1) is 16.4. The van der Waals surface area contributed by atoms with Crippen molar-refractivity contribution in [3.8, 4) is 0 Å². The molecule has 3 N–H and O–H groups in total. The van der Waals surface area contributed by atoms with Crippen molar-refractivity contribution in [3.05, 3.63) is 12.2 Å². The van der Waals surface area contributed by atoms with Gasteiger partial charge in [-0.05, 0) is 32.1 Å². The zero-order valence-electron chi connectivity index (χ0n) is 21.3. The van der Waals surface area contributed by atoms with Crippen molar-refractivity contribution in [1.29, 1.82) is 0 Å². The van der Waals surface area contributed by atoms with Gasteiger partial charge in [0.25, 0.3) is 0 Å². The molecule has 0 atom stereocenters. The summed E-state index contributed by atoms with van der Waals surface area (Å²) >= 11 is 0. The molecule has 10 heteroatoms. The average Bonchev–Trinajstić information content (AvgIpc) is 2.78. The van der Waals surface area contributed by atoms with Gasteiger partial charge >= 0.3 is 71.1 Å². The van der Waals surface area contributed by atoms with Crippen LogP contribution in [0.4, 0.5) is 0 Å². The van der Waals surface area contributed by atoms with Crippen LogP contribution in [-0.2, 0) is 14.4 Å². The number of carboxylic acids is 2. The van der Waals surface area contributed by atoms with Gasteiger partial charge < -0.3 is 20.2 Å². The van der Waals surface area contributed by atoms with Crippen LogP contribution in [0.25, 0.3) is 0 Å². The first-order valence-corrected chi connectivity index (χ1v) is 13.1. The molecule has 0 spiro atoms. The van der Waals surface area contributed by atoms with E-state index >= 15 is 0 Å². The number of allylic oxidation sites excluding steroid dienone is 2. The van der Waals surface area contributed by atoms with Crippen molar-refractivity contribution in [2.45, 2.75) is 96.8 Å². The van der Waals surface area contributed by atoms with Gasteiger partial charge in [0.2, 0.25) is 5.91 Å². The number of aliphatic carboxylic acids is 2. The maximum absolute atomic E-state index is 12.5. The van der Waals surface area contributed by atoms with Gasteiger partial charge in [-0.15, -0.1) is 0 Å². The Morgan fingerprint density at radius 1 is 0.667 bits per heavy atom. The van der Waals surface area contributed by atoms with Gasteiger partial charge in [-0.3, -0.25) is 19.3 Å². The van der Waals surface area contributed by atoms with E-state index in [0.29, 0.717) is 6.42 Å². The van der Waals surface area contributed by atoms with Gasteiger partial charge in [0, 0.05) is 26.1 Å². The molecule has 0 aliphatic heterocycles. The number of carbonyl (C=O) groups excluding carboxylic acids is 1. The maximum atomic E-state index is 12.5. The first-order valence-electron chi connectivity index (χ1n) is 13.1. The third kappa shape index (κ3) is 27.1. The number of rotatable bonds is 24. The fraction of sp³-hybridized carbons (Fsp3) is 0.808. The van der Waals surface area contributed by atoms with Gasteiger partial charge in [0.1, 0.15) is 0 Å². The zero-order chi connectivity index (χ0) is 25.4. The third-order valence-corrected chi connectivity index (χ3v) is 5.78. The predicted molar refractivity (Wildman–Crippen MR) is 149 cm³/mol. The minimum atomic E-state index is -1.12. The molecule has 0 fully saturated rings. The standard InChI is InChI=1S/C26H48N2O6.2Na.2H/c1-2-3-4-5-6-7-8-9-10-11-12-13-14-15-16-17-24(30)28(20-21-29)19-18-27(22-25(31)32)23-26(33)34;;;;/h9-10,29H,2-8,11-23H2,1H3,(H,31,32)(H,33,34);;;;/b10-9-;;;;. The van der Waals surface area contributed by atoms with Gasteiger partial charge in [0.05, 0.1) is 19.7 Å². The van der Waals surface area contributed by atoms with Crippen molar-refractivity contribution in [1.82, 2.24) is 9.80 Å². The second-order valence-corrected chi connectivity index (χ2v) is 8.94. The Bertz CT molecular complexity index is 563. The number of carbonyl (C=O) groups is 3. The number of aliphatic hydroxyl groups excluding tert-OH is 1. The van der Waals surface area contributed by atoms with Crippen LogP contribution in [0.1, 0.15) is 96.8 Å². The second kappa shape index (κ2) is 29.6. The molecule has 0 radical (unpaired) electrons. The van der Waals surface area contributed by atoms with Crippen LogP contribution in [0.3, 0.4) is 0 Å². The van der Waals surface area contributed by atoms with Crippen LogP contribution in [0.5, 0.6) is 0 Å². The number of amides is 1. The number of aliphatic hydroxyl groups is 1. The van der Waals surface area contributed by atoms with Crippen LogP contribution < -0.4 is 0 Å². The van der Waals surface area contributed by atoms with Crippen LogP contribution in [0.2, 0.25) is 0 Å². The monoisotopic (exact) mass is 532 g/mol. The van der Waals surface area contributed by atoms with Crippen molar-refractivity contribution in [3.63, 3.8) is 0 Å². The average molecular weight is 533 g/mol. The van der Waals surface area contributed by atoms with E-state index in [1.807, 2.05) is 0 Å². The molecular weight excluding hydrogens is 482 g/mol. The van der Waals surface area contributed by atoms with Crippen LogP contribution in [-0.4, -0.2) is 141 Å². The van der Waals surface area contributed by atoms with Crippen LogP contribution in [0.15, 0.2) is 12.2 Å². The van der Waals surface area contributed by atoms with Gasteiger partial charge in [0.15, 0.2) is 0 Å². The summed E-state index contributed by atoms with van der Waals surface area (Å²) in [5.41, 5.74) is 0. The fourth-order valence-corrected chi connectivity index (χ4v) is 3.85. The zero-order valence-corrected chi connectivity index (χ0v) is 21.3. The molecule has 8 nitrogen and oxygen atoms in total. The number of nitrogens with zero attached hydrogens (tertiary/aromatic N) is 2. The van der Waals surface area contributed by atoms with Crippen molar-refractivity contribution in [2.24, 2.45) is 0 Å². The molecule has 0 aliphatic carbocycles. The Kier molecular flexibility index (Phi) is 33.4. The molecule has 1 amide bonds. The van der Waals surface area contributed by atoms with E-state index in [1.165, 1.54) is 61.2 Å².